The highest BCUT2D eigenvalue weighted by atomic mass is 32.2. The number of thioether (sulfide) groups is 1. The molecule has 118 valence electrons. The summed E-state index contributed by atoms with van der Waals surface area (Å²) in [5.74, 6) is 0.868. The number of hydrogen-bond donors (Lipinski definition) is 1. The van der Waals surface area contributed by atoms with Gasteiger partial charge in [-0.25, -0.2) is 0 Å². The lowest BCUT2D eigenvalue weighted by Crippen LogP contribution is -2.28. The fraction of sp³-hybridized carbons (Fsp3) is 0.588. The van der Waals surface area contributed by atoms with Crippen LogP contribution in [-0.2, 0) is 9.53 Å². The number of carbonyl (C=O) groups excluding carboxylic acids is 1. The van der Waals surface area contributed by atoms with Gasteiger partial charge >= 0.3 is 5.97 Å². The van der Waals surface area contributed by atoms with Gasteiger partial charge in [0.1, 0.15) is 0 Å². The molecule has 1 unspecified atom stereocenters. The first-order valence-electron chi connectivity index (χ1n) is 7.62. The van der Waals surface area contributed by atoms with Crippen molar-refractivity contribution in [3.63, 3.8) is 0 Å². The molecule has 0 spiro atoms. The fourth-order valence-electron chi connectivity index (χ4n) is 2.26. The number of carbonyl (C=O) groups is 1. The average Bonchev–Trinajstić information content (AvgIpc) is 2.53. The Balaban J connectivity index is 2.27. The first-order chi connectivity index (χ1) is 10.3. The van der Waals surface area contributed by atoms with Crippen molar-refractivity contribution >= 4 is 17.7 Å². The normalized spacial score (nSPS) is 12.1. The zero-order valence-corrected chi connectivity index (χ0v) is 14.0. The minimum absolute atomic E-state index is 0.173. The lowest BCUT2D eigenvalue weighted by molar-refractivity contribution is -0.142. The molecule has 0 aromatic heterocycles. The summed E-state index contributed by atoms with van der Waals surface area (Å²) in [7, 11) is 1.45. The SMILES string of the molecule is COC(=O)C(CNCCCCCCSC)c1ccccc1. The van der Waals surface area contributed by atoms with Gasteiger partial charge in [0.2, 0.25) is 0 Å². The predicted molar refractivity (Wildman–Crippen MR) is 90.9 cm³/mol. The average molecular weight is 309 g/mol. The van der Waals surface area contributed by atoms with Crippen LogP contribution in [0.4, 0.5) is 0 Å². The number of unbranched alkanes of at least 4 members (excludes halogenated alkanes) is 3. The second-order valence-corrected chi connectivity index (χ2v) is 6.08. The standard InChI is InChI=1S/C17H27NO2S/c1-20-17(19)16(15-10-6-5-7-11-15)14-18-12-8-3-4-9-13-21-2/h5-7,10-11,16,18H,3-4,8-9,12-14H2,1-2H3. The van der Waals surface area contributed by atoms with E-state index in [-0.39, 0.29) is 11.9 Å². The Labute approximate surface area is 132 Å². The summed E-state index contributed by atoms with van der Waals surface area (Å²) in [6, 6.07) is 9.82. The molecule has 1 rings (SSSR count). The van der Waals surface area contributed by atoms with Crippen molar-refractivity contribution in [2.75, 3.05) is 32.2 Å². The third-order valence-electron chi connectivity index (χ3n) is 3.49. The van der Waals surface area contributed by atoms with Crippen molar-refractivity contribution in [1.29, 1.82) is 0 Å². The Hall–Kier alpha value is -1.00. The molecule has 1 aromatic rings. The summed E-state index contributed by atoms with van der Waals surface area (Å²) in [6.07, 6.45) is 7.16. The maximum Gasteiger partial charge on any atom is 0.314 e. The van der Waals surface area contributed by atoms with Gasteiger partial charge in [0, 0.05) is 6.54 Å². The van der Waals surface area contributed by atoms with E-state index >= 15 is 0 Å². The molecular weight excluding hydrogens is 282 g/mol. The van der Waals surface area contributed by atoms with Crippen LogP contribution in [0.5, 0.6) is 0 Å². The van der Waals surface area contributed by atoms with Crippen LogP contribution in [-0.4, -0.2) is 38.2 Å². The van der Waals surface area contributed by atoms with E-state index in [0.717, 1.165) is 18.5 Å². The summed E-state index contributed by atoms with van der Waals surface area (Å²) in [6.45, 7) is 1.60. The van der Waals surface area contributed by atoms with Gasteiger partial charge in [-0.1, -0.05) is 43.2 Å². The lowest BCUT2D eigenvalue weighted by atomic mass is 9.99. The van der Waals surface area contributed by atoms with Crippen LogP contribution in [0.2, 0.25) is 0 Å². The summed E-state index contributed by atoms with van der Waals surface area (Å²) in [5, 5.41) is 3.38. The first kappa shape index (κ1) is 18.1. The van der Waals surface area contributed by atoms with E-state index in [4.69, 9.17) is 4.74 Å². The van der Waals surface area contributed by atoms with Gasteiger partial charge in [-0.15, -0.1) is 0 Å². The zero-order valence-electron chi connectivity index (χ0n) is 13.1. The Kier molecular flexibility index (Phi) is 10.0. The van der Waals surface area contributed by atoms with Crippen LogP contribution in [0.3, 0.4) is 0 Å². The quantitative estimate of drug-likeness (QED) is 0.502. The van der Waals surface area contributed by atoms with Crippen LogP contribution < -0.4 is 5.32 Å². The van der Waals surface area contributed by atoms with Gasteiger partial charge in [0.25, 0.3) is 0 Å². The van der Waals surface area contributed by atoms with E-state index in [2.05, 4.69) is 11.6 Å². The summed E-state index contributed by atoms with van der Waals surface area (Å²) >= 11 is 1.91. The third kappa shape index (κ3) is 7.53. The Morgan fingerprint density at radius 2 is 1.90 bits per heavy atom. The van der Waals surface area contributed by atoms with Gasteiger partial charge in [0.05, 0.1) is 13.0 Å². The molecule has 0 fully saturated rings. The second-order valence-electron chi connectivity index (χ2n) is 5.10. The molecule has 1 N–H and O–H groups in total. The van der Waals surface area contributed by atoms with Crippen molar-refractivity contribution in [2.45, 2.75) is 31.6 Å². The summed E-state index contributed by atoms with van der Waals surface area (Å²) in [4.78, 5) is 11.9. The molecule has 0 saturated carbocycles. The highest BCUT2D eigenvalue weighted by molar-refractivity contribution is 7.98. The van der Waals surface area contributed by atoms with Crippen molar-refractivity contribution < 1.29 is 9.53 Å². The topological polar surface area (TPSA) is 38.3 Å². The molecule has 1 aromatic carbocycles. The van der Waals surface area contributed by atoms with Crippen LogP contribution in [0.1, 0.15) is 37.2 Å². The molecule has 0 bridgehead atoms. The van der Waals surface area contributed by atoms with Crippen LogP contribution in [0.15, 0.2) is 30.3 Å². The van der Waals surface area contributed by atoms with Crippen LogP contribution in [0.25, 0.3) is 0 Å². The molecular formula is C17H27NO2S. The molecule has 4 heteroatoms. The number of methoxy groups -OCH3 is 1. The monoisotopic (exact) mass is 309 g/mol. The van der Waals surface area contributed by atoms with Crippen molar-refractivity contribution in [2.24, 2.45) is 0 Å². The molecule has 0 aliphatic rings. The van der Waals surface area contributed by atoms with E-state index in [1.54, 1.807) is 0 Å². The number of rotatable bonds is 11. The number of hydrogen-bond acceptors (Lipinski definition) is 4. The largest absolute Gasteiger partial charge is 0.469 e. The van der Waals surface area contributed by atoms with Gasteiger partial charge in [0.15, 0.2) is 0 Å². The van der Waals surface area contributed by atoms with E-state index < -0.39 is 0 Å². The lowest BCUT2D eigenvalue weighted by Gasteiger charge is -2.15. The second kappa shape index (κ2) is 11.6. The highest BCUT2D eigenvalue weighted by Gasteiger charge is 2.20. The molecule has 0 radical (unpaired) electrons. The highest BCUT2D eigenvalue weighted by Crippen LogP contribution is 2.16. The maximum absolute atomic E-state index is 11.9. The summed E-state index contributed by atoms with van der Waals surface area (Å²) in [5.41, 5.74) is 1.01. The Bertz CT molecular complexity index is 384. The van der Waals surface area contributed by atoms with Crippen LogP contribution in [0, 0.1) is 0 Å². The fourth-order valence-corrected chi connectivity index (χ4v) is 2.75. The summed E-state index contributed by atoms with van der Waals surface area (Å²) < 4.78 is 4.91. The molecule has 0 amide bonds. The molecule has 1 atom stereocenters. The van der Waals surface area contributed by atoms with Gasteiger partial charge < -0.3 is 10.1 Å². The van der Waals surface area contributed by atoms with Crippen molar-refractivity contribution in [3.8, 4) is 0 Å². The minimum atomic E-state index is -0.215. The van der Waals surface area contributed by atoms with Crippen molar-refractivity contribution in [1.82, 2.24) is 5.32 Å². The molecule has 3 nitrogen and oxygen atoms in total. The smallest absolute Gasteiger partial charge is 0.314 e. The number of benzene rings is 1. The molecule has 0 aliphatic carbocycles. The minimum Gasteiger partial charge on any atom is -0.469 e. The van der Waals surface area contributed by atoms with Crippen molar-refractivity contribution in [3.05, 3.63) is 35.9 Å². The van der Waals surface area contributed by atoms with Gasteiger partial charge in [-0.3, -0.25) is 4.79 Å². The van der Waals surface area contributed by atoms with Gasteiger partial charge in [-0.2, -0.15) is 11.8 Å². The molecule has 0 heterocycles. The Morgan fingerprint density at radius 1 is 1.19 bits per heavy atom. The molecule has 0 aliphatic heterocycles. The van der Waals surface area contributed by atoms with E-state index in [1.807, 2.05) is 42.1 Å². The first-order valence-corrected chi connectivity index (χ1v) is 9.01. The van der Waals surface area contributed by atoms with E-state index in [9.17, 15) is 4.79 Å². The molecule has 0 saturated heterocycles. The van der Waals surface area contributed by atoms with Crippen LogP contribution >= 0.6 is 11.8 Å². The van der Waals surface area contributed by atoms with E-state index in [0.29, 0.717) is 6.54 Å². The predicted octanol–water partition coefficient (Wildman–Crippen LogP) is 3.46. The number of ether oxygens (including phenoxy) is 1. The number of nitrogens with one attached hydrogen (secondary N) is 1. The third-order valence-corrected chi connectivity index (χ3v) is 4.19. The maximum atomic E-state index is 11.9. The van der Waals surface area contributed by atoms with Gasteiger partial charge in [-0.05, 0) is 37.0 Å². The Morgan fingerprint density at radius 3 is 2.57 bits per heavy atom. The van der Waals surface area contributed by atoms with E-state index in [1.165, 1.54) is 32.1 Å². The molecule has 21 heavy (non-hydrogen) atoms. The number of esters is 1. The zero-order chi connectivity index (χ0) is 15.3.